The van der Waals surface area contributed by atoms with Gasteiger partial charge in [-0.25, -0.2) is 4.79 Å². The first-order valence-electron chi connectivity index (χ1n) is 9.68. The van der Waals surface area contributed by atoms with Gasteiger partial charge in [0.05, 0.1) is 25.0 Å². The van der Waals surface area contributed by atoms with Crippen LogP contribution in [0.3, 0.4) is 0 Å². The van der Waals surface area contributed by atoms with Crippen LogP contribution in [0.2, 0.25) is 0 Å². The van der Waals surface area contributed by atoms with Crippen molar-refractivity contribution in [3.05, 3.63) is 53.9 Å². The minimum absolute atomic E-state index is 0.245. The van der Waals surface area contributed by atoms with E-state index in [4.69, 9.17) is 19.0 Å². The number of rotatable bonds is 9. The monoisotopic (exact) mass is 398 g/mol. The summed E-state index contributed by atoms with van der Waals surface area (Å²) >= 11 is 0. The Morgan fingerprint density at radius 3 is 2.83 bits per heavy atom. The van der Waals surface area contributed by atoms with Gasteiger partial charge in [0.25, 0.3) is 0 Å². The average Bonchev–Trinajstić information content (AvgIpc) is 3.15. The first-order chi connectivity index (χ1) is 14.0. The Kier molecular flexibility index (Phi) is 6.69. The van der Waals surface area contributed by atoms with Crippen molar-refractivity contribution in [3.8, 4) is 11.5 Å². The first-order valence-corrected chi connectivity index (χ1v) is 9.68. The maximum Gasteiger partial charge on any atom is 0.337 e. The molecule has 2 heterocycles. The van der Waals surface area contributed by atoms with E-state index in [9.17, 15) is 4.79 Å². The maximum absolute atomic E-state index is 11.9. The number of unbranched alkanes of at least 4 members (excludes halogenated alkanes) is 1. The molecule has 0 N–H and O–H groups in total. The summed E-state index contributed by atoms with van der Waals surface area (Å²) in [7, 11) is 1.35. The second kappa shape index (κ2) is 9.41. The topological polar surface area (TPSA) is 79.2 Å². The molecule has 1 aliphatic rings. The summed E-state index contributed by atoms with van der Waals surface area (Å²) in [5, 5.41) is 4.20. The fourth-order valence-corrected chi connectivity index (χ4v) is 2.89. The van der Waals surface area contributed by atoms with Gasteiger partial charge in [0.2, 0.25) is 0 Å². The van der Waals surface area contributed by atoms with Crippen molar-refractivity contribution in [3.63, 3.8) is 0 Å². The molecule has 29 heavy (non-hydrogen) atoms. The summed E-state index contributed by atoms with van der Waals surface area (Å²) in [6.07, 6.45) is 6.02. The van der Waals surface area contributed by atoms with E-state index in [0.29, 0.717) is 30.1 Å². The molecule has 1 atom stereocenters. The summed E-state index contributed by atoms with van der Waals surface area (Å²) in [5.74, 6) is 0.630. The number of oxime groups is 1. The molecule has 0 saturated heterocycles. The zero-order valence-electron chi connectivity index (χ0n) is 17.0. The molecule has 0 spiro atoms. The number of aromatic nitrogens is 1. The summed E-state index contributed by atoms with van der Waals surface area (Å²) in [6.45, 7) is 4.85. The van der Waals surface area contributed by atoms with E-state index in [1.165, 1.54) is 7.11 Å². The van der Waals surface area contributed by atoms with Crippen LogP contribution in [0.5, 0.6) is 11.5 Å². The van der Waals surface area contributed by atoms with Gasteiger partial charge < -0.3 is 19.0 Å². The lowest BCUT2D eigenvalue weighted by molar-refractivity contribution is -0.0362. The summed E-state index contributed by atoms with van der Waals surface area (Å²) in [5.41, 5.74) is 1.52. The number of methoxy groups -OCH3 is 1. The highest BCUT2D eigenvalue weighted by molar-refractivity contribution is 6.01. The minimum atomic E-state index is -0.632. The molecule has 1 aromatic heterocycles. The summed E-state index contributed by atoms with van der Waals surface area (Å²) in [4.78, 5) is 21.7. The van der Waals surface area contributed by atoms with E-state index in [1.807, 2.05) is 19.1 Å². The summed E-state index contributed by atoms with van der Waals surface area (Å²) in [6, 6.07) is 8.84. The third-order valence-electron chi connectivity index (χ3n) is 4.57. The molecule has 0 fully saturated rings. The van der Waals surface area contributed by atoms with E-state index in [0.717, 1.165) is 24.1 Å². The highest BCUT2D eigenvalue weighted by Crippen LogP contribution is 2.32. The number of nitrogens with zero attached hydrogens (tertiary/aromatic N) is 2. The van der Waals surface area contributed by atoms with Crippen LogP contribution < -0.4 is 9.47 Å². The predicted octanol–water partition coefficient (Wildman–Crippen LogP) is 4.01. The molecule has 154 valence electrons. The molecule has 0 saturated carbocycles. The van der Waals surface area contributed by atoms with Crippen molar-refractivity contribution >= 4 is 11.7 Å². The Morgan fingerprint density at radius 2 is 2.10 bits per heavy atom. The van der Waals surface area contributed by atoms with Crippen molar-refractivity contribution < 1.29 is 23.8 Å². The molecule has 0 radical (unpaired) electrons. The molecule has 7 nitrogen and oxygen atoms in total. The number of esters is 1. The van der Waals surface area contributed by atoms with Gasteiger partial charge in [-0.15, -0.1) is 0 Å². The Morgan fingerprint density at radius 1 is 1.24 bits per heavy atom. The third kappa shape index (κ3) is 5.25. The number of benzene rings is 1. The van der Waals surface area contributed by atoms with Crippen LogP contribution in [-0.4, -0.2) is 42.6 Å². The van der Waals surface area contributed by atoms with Gasteiger partial charge in [0, 0.05) is 24.4 Å². The van der Waals surface area contributed by atoms with Crippen molar-refractivity contribution in [2.45, 2.75) is 38.7 Å². The van der Waals surface area contributed by atoms with E-state index in [2.05, 4.69) is 17.1 Å². The molecule has 0 amide bonds. The second-order valence-electron chi connectivity index (χ2n) is 7.14. The molecule has 2 aromatic rings. The number of carbonyl (C=O) groups excluding carboxylic acids is 1. The Balaban J connectivity index is 1.70. The van der Waals surface area contributed by atoms with Gasteiger partial charge in [-0.05, 0) is 43.7 Å². The quantitative estimate of drug-likeness (QED) is 0.469. The van der Waals surface area contributed by atoms with Crippen molar-refractivity contribution in [2.75, 3.05) is 20.3 Å². The number of carbonyl (C=O) groups is 1. The van der Waals surface area contributed by atoms with Crippen LogP contribution in [0.1, 0.15) is 49.0 Å². The smallest absolute Gasteiger partial charge is 0.337 e. The maximum atomic E-state index is 11.9. The van der Waals surface area contributed by atoms with Gasteiger partial charge in [-0.3, -0.25) is 4.98 Å². The van der Waals surface area contributed by atoms with Gasteiger partial charge in [0.1, 0.15) is 6.61 Å². The van der Waals surface area contributed by atoms with E-state index in [1.54, 1.807) is 30.6 Å². The number of pyridine rings is 1. The average molecular weight is 398 g/mol. The van der Waals surface area contributed by atoms with Gasteiger partial charge in [-0.1, -0.05) is 18.5 Å². The van der Waals surface area contributed by atoms with E-state index < -0.39 is 11.6 Å². The molecule has 7 heteroatoms. The van der Waals surface area contributed by atoms with E-state index >= 15 is 0 Å². The number of hydrogen-bond acceptors (Lipinski definition) is 7. The van der Waals surface area contributed by atoms with Gasteiger partial charge in [-0.2, -0.15) is 0 Å². The number of ether oxygens (including phenoxy) is 3. The lowest BCUT2D eigenvalue weighted by Crippen LogP contribution is -2.33. The fraction of sp³-hybridized carbons (Fsp3) is 0.409. The Hall–Kier alpha value is -3.09. The van der Waals surface area contributed by atoms with Gasteiger partial charge >= 0.3 is 5.97 Å². The van der Waals surface area contributed by atoms with Crippen LogP contribution in [0.15, 0.2) is 47.9 Å². The van der Waals surface area contributed by atoms with Crippen molar-refractivity contribution in [1.82, 2.24) is 4.98 Å². The highest BCUT2D eigenvalue weighted by Gasteiger charge is 2.36. The normalized spacial score (nSPS) is 18.0. The lowest BCUT2D eigenvalue weighted by Gasteiger charge is -2.23. The first kappa shape index (κ1) is 20.6. The second-order valence-corrected chi connectivity index (χ2v) is 7.14. The largest absolute Gasteiger partial charge is 0.490 e. The molecule has 1 aliphatic heterocycles. The van der Waals surface area contributed by atoms with E-state index in [-0.39, 0.29) is 6.61 Å². The third-order valence-corrected chi connectivity index (χ3v) is 4.57. The zero-order chi connectivity index (χ0) is 20.7. The van der Waals surface area contributed by atoms with Gasteiger partial charge in [0.15, 0.2) is 17.1 Å². The Labute approximate surface area is 170 Å². The van der Waals surface area contributed by atoms with Crippen LogP contribution in [0, 0.1) is 0 Å². The van der Waals surface area contributed by atoms with Crippen LogP contribution in [-0.2, 0) is 9.57 Å². The zero-order valence-corrected chi connectivity index (χ0v) is 17.0. The summed E-state index contributed by atoms with van der Waals surface area (Å²) < 4.78 is 16.7. The lowest BCUT2D eigenvalue weighted by atomic mass is 9.97. The van der Waals surface area contributed by atoms with Crippen LogP contribution in [0.4, 0.5) is 0 Å². The Bertz CT molecular complexity index is 869. The van der Waals surface area contributed by atoms with Crippen molar-refractivity contribution in [1.29, 1.82) is 0 Å². The molecule has 1 aromatic carbocycles. The minimum Gasteiger partial charge on any atom is -0.490 e. The molecule has 0 bridgehead atoms. The SMILES string of the molecule is CCCCOc1ccc(C(=O)OC)cc1OCC1(C)CC(c2cccnc2)=NO1. The highest BCUT2D eigenvalue weighted by atomic mass is 16.7. The predicted molar refractivity (Wildman–Crippen MR) is 109 cm³/mol. The van der Waals surface area contributed by atoms with Crippen LogP contribution >= 0.6 is 0 Å². The van der Waals surface area contributed by atoms with Crippen LogP contribution in [0.25, 0.3) is 0 Å². The number of hydrogen-bond donors (Lipinski definition) is 0. The molecule has 0 aliphatic carbocycles. The molecular formula is C22H26N2O5. The fourth-order valence-electron chi connectivity index (χ4n) is 2.89. The standard InChI is InChI=1S/C22H26N2O5/c1-4-5-11-27-19-9-8-16(21(25)26-3)12-20(19)28-15-22(2)13-18(24-29-22)17-7-6-10-23-14-17/h6-10,12,14H,4-5,11,13,15H2,1-3H3. The van der Waals surface area contributed by atoms with Crippen molar-refractivity contribution in [2.24, 2.45) is 5.16 Å². The molecular weight excluding hydrogens is 372 g/mol. The molecule has 3 rings (SSSR count). The molecule has 1 unspecified atom stereocenters.